The van der Waals surface area contributed by atoms with Gasteiger partial charge in [-0.1, -0.05) is 19.3 Å². The van der Waals surface area contributed by atoms with Crippen molar-refractivity contribution in [1.82, 2.24) is 10.3 Å². The molecule has 0 radical (unpaired) electrons. The molecule has 110 valence electrons. The number of hydrogen-bond donors (Lipinski definition) is 1. The standard InChI is InChI=1S/C15H21BrN2O2/c16-14-8-7-12(11-18-14)15(19)17-9-4-10-20-13-5-2-1-3-6-13/h7-8,11,13H,1-6,9-10H2,(H,17,19). The van der Waals surface area contributed by atoms with Gasteiger partial charge in [-0.05, 0) is 47.3 Å². The molecule has 0 bridgehead atoms. The summed E-state index contributed by atoms with van der Waals surface area (Å²) < 4.78 is 6.55. The highest BCUT2D eigenvalue weighted by molar-refractivity contribution is 9.10. The number of carbonyl (C=O) groups excluding carboxylic acids is 1. The number of nitrogens with zero attached hydrogens (tertiary/aromatic N) is 1. The predicted octanol–water partition coefficient (Wildman–Crippen LogP) is 3.31. The van der Waals surface area contributed by atoms with E-state index in [9.17, 15) is 4.79 Å². The van der Waals surface area contributed by atoms with Gasteiger partial charge in [-0.25, -0.2) is 4.98 Å². The van der Waals surface area contributed by atoms with Crippen molar-refractivity contribution in [3.63, 3.8) is 0 Å². The van der Waals surface area contributed by atoms with E-state index in [0.29, 0.717) is 18.2 Å². The van der Waals surface area contributed by atoms with Gasteiger partial charge in [-0.2, -0.15) is 0 Å². The van der Waals surface area contributed by atoms with Gasteiger partial charge in [-0.3, -0.25) is 4.79 Å². The Labute approximate surface area is 128 Å². The third-order valence-corrected chi connectivity index (χ3v) is 3.97. The van der Waals surface area contributed by atoms with E-state index >= 15 is 0 Å². The first-order valence-electron chi connectivity index (χ1n) is 7.27. The summed E-state index contributed by atoms with van der Waals surface area (Å²) in [6.07, 6.45) is 9.17. The van der Waals surface area contributed by atoms with Crippen LogP contribution in [0.15, 0.2) is 22.9 Å². The molecule has 1 aliphatic rings. The lowest BCUT2D eigenvalue weighted by atomic mass is 9.98. The number of halogens is 1. The summed E-state index contributed by atoms with van der Waals surface area (Å²) in [6.45, 7) is 1.37. The molecule has 1 aromatic rings. The van der Waals surface area contributed by atoms with Crippen molar-refractivity contribution in [2.75, 3.05) is 13.2 Å². The van der Waals surface area contributed by atoms with E-state index in [4.69, 9.17) is 4.74 Å². The molecule has 1 fully saturated rings. The lowest BCUT2D eigenvalue weighted by Crippen LogP contribution is -2.26. The molecule has 1 N–H and O–H groups in total. The minimum atomic E-state index is -0.0809. The van der Waals surface area contributed by atoms with Crippen LogP contribution in [0.25, 0.3) is 0 Å². The van der Waals surface area contributed by atoms with Crippen LogP contribution in [-0.2, 0) is 4.74 Å². The fourth-order valence-electron chi connectivity index (χ4n) is 2.37. The molecule has 1 aromatic heterocycles. The Bertz CT molecular complexity index is 416. The van der Waals surface area contributed by atoms with Crippen molar-refractivity contribution >= 4 is 21.8 Å². The Morgan fingerprint density at radius 1 is 1.35 bits per heavy atom. The first-order chi connectivity index (χ1) is 9.75. The molecule has 1 saturated carbocycles. The Kier molecular flexibility index (Phi) is 6.47. The van der Waals surface area contributed by atoms with Gasteiger partial charge >= 0.3 is 0 Å². The number of pyridine rings is 1. The van der Waals surface area contributed by atoms with Gasteiger partial charge in [0.05, 0.1) is 11.7 Å². The molecule has 1 heterocycles. The first kappa shape index (κ1) is 15.4. The van der Waals surface area contributed by atoms with Crippen molar-refractivity contribution in [3.05, 3.63) is 28.5 Å². The minimum Gasteiger partial charge on any atom is -0.378 e. The van der Waals surface area contributed by atoms with E-state index in [0.717, 1.165) is 17.6 Å². The van der Waals surface area contributed by atoms with Gasteiger partial charge in [0.15, 0.2) is 0 Å². The molecule has 0 aliphatic heterocycles. The lowest BCUT2D eigenvalue weighted by Gasteiger charge is -2.21. The van der Waals surface area contributed by atoms with Gasteiger partial charge in [0.25, 0.3) is 5.91 Å². The van der Waals surface area contributed by atoms with Crippen molar-refractivity contribution in [2.24, 2.45) is 0 Å². The molecule has 0 saturated heterocycles. The van der Waals surface area contributed by atoms with Gasteiger partial charge in [0.1, 0.15) is 4.60 Å². The van der Waals surface area contributed by atoms with Crippen LogP contribution in [0.4, 0.5) is 0 Å². The quantitative estimate of drug-likeness (QED) is 0.638. The van der Waals surface area contributed by atoms with Crippen LogP contribution < -0.4 is 5.32 Å². The van der Waals surface area contributed by atoms with E-state index in [-0.39, 0.29) is 5.91 Å². The zero-order chi connectivity index (χ0) is 14.2. The second kappa shape index (κ2) is 8.37. The Balaban J connectivity index is 1.58. The topological polar surface area (TPSA) is 51.2 Å². The average Bonchev–Trinajstić information content (AvgIpc) is 2.48. The van der Waals surface area contributed by atoms with Crippen LogP contribution in [0.1, 0.15) is 48.9 Å². The number of aromatic nitrogens is 1. The van der Waals surface area contributed by atoms with Crippen LogP contribution in [-0.4, -0.2) is 30.1 Å². The maximum Gasteiger partial charge on any atom is 0.252 e. The number of carbonyl (C=O) groups is 1. The smallest absolute Gasteiger partial charge is 0.252 e. The van der Waals surface area contributed by atoms with E-state index in [1.807, 2.05) is 0 Å². The Morgan fingerprint density at radius 3 is 2.85 bits per heavy atom. The van der Waals surface area contributed by atoms with E-state index in [2.05, 4.69) is 26.2 Å². The van der Waals surface area contributed by atoms with E-state index in [1.165, 1.54) is 32.1 Å². The molecular weight excluding hydrogens is 320 g/mol. The average molecular weight is 341 g/mol. The minimum absolute atomic E-state index is 0.0809. The molecule has 20 heavy (non-hydrogen) atoms. The van der Waals surface area contributed by atoms with Gasteiger partial charge in [-0.15, -0.1) is 0 Å². The molecule has 1 amide bonds. The highest BCUT2D eigenvalue weighted by Crippen LogP contribution is 2.20. The molecule has 4 nitrogen and oxygen atoms in total. The second-order valence-electron chi connectivity index (χ2n) is 5.11. The summed E-state index contributed by atoms with van der Waals surface area (Å²) in [5.74, 6) is -0.0809. The highest BCUT2D eigenvalue weighted by Gasteiger charge is 2.13. The summed E-state index contributed by atoms with van der Waals surface area (Å²) in [5, 5.41) is 2.88. The number of amides is 1. The maximum absolute atomic E-state index is 11.8. The second-order valence-corrected chi connectivity index (χ2v) is 5.92. The van der Waals surface area contributed by atoms with E-state index < -0.39 is 0 Å². The molecule has 1 aliphatic carbocycles. The normalized spacial score (nSPS) is 16.1. The van der Waals surface area contributed by atoms with Crippen molar-refractivity contribution in [2.45, 2.75) is 44.6 Å². The highest BCUT2D eigenvalue weighted by atomic mass is 79.9. The number of rotatable bonds is 6. The molecule has 0 unspecified atom stereocenters. The third-order valence-electron chi connectivity index (χ3n) is 3.50. The summed E-state index contributed by atoms with van der Waals surface area (Å²) in [7, 11) is 0. The van der Waals surface area contributed by atoms with Gasteiger partial charge in [0, 0.05) is 19.3 Å². The summed E-state index contributed by atoms with van der Waals surface area (Å²) in [5.41, 5.74) is 0.585. The van der Waals surface area contributed by atoms with E-state index in [1.54, 1.807) is 18.3 Å². The Morgan fingerprint density at radius 2 is 2.15 bits per heavy atom. The molecule has 5 heteroatoms. The van der Waals surface area contributed by atoms with Crippen molar-refractivity contribution in [1.29, 1.82) is 0 Å². The zero-order valence-corrected chi connectivity index (χ0v) is 13.2. The fourth-order valence-corrected chi connectivity index (χ4v) is 2.60. The molecule has 0 spiro atoms. The molecule has 0 aromatic carbocycles. The number of ether oxygens (including phenoxy) is 1. The number of nitrogens with one attached hydrogen (secondary N) is 1. The zero-order valence-electron chi connectivity index (χ0n) is 11.6. The van der Waals surface area contributed by atoms with Crippen LogP contribution in [0.5, 0.6) is 0 Å². The van der Waals surface area contributed by atoms with Crippen molar-refractivity contribution < 1.29 is 9.53 Å². The summed E-state index contributed by atoms with van der Waals surface area (Å²) in [4.78, 5) is 15.9. The van der Waals surface area contributed by atoms with Gasteiger partial charge in [0.2, 0.25) is 0 Å². The van der Waals surface area contributed by atoms with Crippen LogP contribution in [0, 0.1) is 0 Å². The molecule has 0 atom stereocenters. The SMILES string of the molecule is O=C(NCCCOC1CCCCC1)c1ccc(Br)nc1. The molecule has 2 rings (SSSR count). The van der Waals surface area contributed by atoms with Crippen LogP contribution in [0.2, 0.25) is 0 Å². The predicted molar refractivity (Wildman–Crippen MR) is 81.7 cm³/mol. The van der Waals surface area contributed by atoms with Crippen LogP contribution in [0.3, 0.4) is 0 Å². The largest absolute Gasteiger partial charge is 0.378 e. The van der Waals surface area contributed by atoms with Crippen LogP contribution >= 0.6 is 15.9 Å². The summed E-state index contributed by atoms with van der Waals surface area (Å²) >= 11 is 3.25. The summed E-state index contributed by atoms with van der Waals surface area (Å²) in [6, 6.07) is 3.52. The third kappa shape index (κ3) is 5.21. The van der Waals surface area contributed by atoms with Crippen molar-refractivity contribution in [3.8, 4) is 0 Å². The number of hydrogen-bond acceptors (Lipinski definition) is 3. The first-order valence-corrected chi connectivity index (χ1v) is 8.06. The Hall–Kier alpha value is -0.940. The fraction of sp³-hybridized carbons (Fsp3) is 0.600. The molecular formula is C15H21BrN2O2. The maximum atomic E-state index is 11.8. The van der Waals surface area contributed by atoms with Gasteiger partial charge < -0.3 is 10.1 Å². The monoisotopic (exact) mass is 340 g/mol. The lowest BCUT2D eigenvalue weighted by molar-refractivity contribution is 0.0273.